The van der Waals surface area contributed by atoms with Crippen LogP contribution in [0, 0.1) is 6.92 Å². The van der Waals surface area contributed by atoms with Gasteiger partial charge in [0.25, 0.3) is 0 Å². The third-order valence-corrected chi connectivity index (χ3v) is 4.23. The molecule has 1 unspecified atom stereocenters. The number of likely N-dealkylation sites (tertiary alicyclic amines) is 1. The van der Waals surface area contributed by atoms with Crippen LogP contribution in [0.1, 0.15) is 44.6 Å². The topological polar surface area (TPSA) is 15.3 Å². The molecule has 1 saturated heterocycles. The molecule has 106 valence electrons. The molecule has 1 aromatic carbocycles. The molecule has 1 aromatic rings. The Hall–Kier alpha value is -1.02. The lowest BCUT2D eigenvalue weighted by molar-refractivity contribution is 0.145. The van der Waals surface area contributed by atoms with Crippen molar-refractivity contribution in [3.8, 4) is 0 Å². The van der Waals surface area contributed by atoms with E-state index in [4.69, 9.17) is 0 Å². The van der Waals surface area contributed by atoms with Gasteiger partial charge in [-0.25, -0.2) is 0 Å². The molecule has 0 amide bonds. The minimum absolute atomic E-state index is 0.831. The van der Waals surface area contributed by atoms with Crippen molar-refractivity contribution < 1.29 is 0 Å². The van der Waals surface area contributed by atoms with Crippen molar-refractivity contribution in [2.24, 2.45) is 0 Å². The molecule has 2 nitrogen and oxygen atoms in total. The fourth-order valence-corrected chi connectivity index (χ4v) is 3.12. The second-order valence-corrected chi connectivity index (χ2v) is 5.72. The highest BCUT2D eigenvalue weighted by Crippen LogP contribution is 2.20. The van der Waals surface area contributed by atoms with Gasteiger partial charge in [0.05, 0.1) is 0 Å². The van der Waals surface area contributed by atoms with Crippen LogP contribution < -0.4 is 5.32 Å². The molecule has 0 saturated carbocycles. The van der Waals surface area contributed by atoms with Gasteiger partial charge in [-0.2, -0.15) is 0 Å². The van der Waals surface area contributed by atoms with Crippen molar-refractivity contribution in [1.29, 1.82) is 0 Å². The first kappa shape index (κ1) is 14.4. The summed E-state index contributed by atoms with van der Waals surface area (Å²) in [6.45, 7) is 8.01. The normalized spacial score (nSPS) is 20.4. The number of para-hydroxylation sites is 1. The zero-order valence-corrected chi connectivity index (χ0v) is 12.5. The van der Waals surface area contributed by atoms with E-state index in [0.29, 0.717) is 0 Å². The average molecular weight is 260 g/mol. The first-order valence-corrected chi connectivity index (χ1v) is 7.85. The maximum Gasteiger partial charge on any atom is 0.0370 e. The Morgan fingerprint density at radius 1 is 1.26 bits per heavy atom. The second kappa shape index (κ2) is 7.54. The van der Waals surface area contributed by atoms with Crippen molar-refractivity contribution in [2.75, 3.05) is 25.0 Å². The molecule has 1 fully saturated rings. The van der Waals surface area contributed by atoms with Crippen LogP contribution >= 0.6 is 0 Å². The summed E-state index contributed by atoms with van der Waals surface area (Å²) < 4.78 is 0. The standard InChI is InChI=1S/C17H28N2/c1-3-8-16-10-6-7-13-19(16)14-12-18-17-11-5-4-9-15(17)2/h4-5,9,11,16,18H,3,6-8,10,12-14H2,1-2H3. The highest BCUT2D eigenvalue weighted by molar-refractivity contribution is 5.50. The smallest absolute Gasteiger partial charge is 0.0370 e. The molecule has 0 spiro atoms. The fourth-order valence-electron chi connectivity index (χ4n) is 3.12. The number of anilines is 1. The summed E-state index contributed by atoms with van der Waals surface area (Å²) in [5.74, 6) is 0. The van der Waals surface area contributed by atoms with Gasteiger partial charge < -0.3 is 5.32 Å². The van der Waals surface area contributed by atoms with Crippen molar-refractivity contribution in [3.63, 3.8) is 0 Å². The monoisotopic (exact) mass is 260 g/mol. The highest BCUT2D eigenvalue weighted by atomic mass is 15.2. The van der Waals surface area contributed by atoms with Crippen molar-refractivity contribution in [1.82, 2.24) is 4.90 Å². The van der Waals surface area contributed by atoms with E-state index >= 15 is 0 Å². The van der Waals surface area contributed by atoms with Crippen molar-refractivity contribution in [3.05, 3.63) is 29.8 Å². The molecule has 0 aromatic heterocycles. The molecule has 1 aliphatic rings. The number of aryl methyl sites for hydroxylation is 1. The predicted octanol–water partition coefficient (Wildman–Crippen LogP) is 4.06. The molecule has 2 rings (SSSR count). The van der Waals surface area contributed by atoms with Crippen LogP contribution in [0.15, 0.2) is 24.3 Å². The molecule has 1 N–H and O–H groups in total. The van der Waals surface area contributed by atoms with E-state index in [1.807, 2.05) is 0 Å². The van der Waals surface area contributed by atoms with E-state index in [1.165, 1.54) is 56.4 Å². The molecular formula is C17H28N2. The van der Waals surface area contributed by atoms with Gasteiger partial charge in [0, 0.05) is 24.8 Å². The van der Waals surface area contributed by atoms with Crippen LogP contribution in [0.2, 0.25) is 0 Å². The Labute approximate surface area is 118 Å². The number of benzene rings is 1. The largest absolute Gasteiger partial charge is 0.384 e. The Balaban J connectivity index is 1.79. The van der Waals surface area contributed by atoms with Crippen LogP contribution in [0.5, 0.6) is 0 Å². The third kappa shape index (κ3) is 4.24. The van der Waals surface area contributed by atoms with Gasteiger partial charge in [-0.05, 0) is 44.4 Å². The summed E-state index contributed by atoms with van der Waals surface area (Å²) in [6.07, 6.45) is 6.88. The van der Waals surface area contributed by atoms with E-state index in [-0.39, 0.29) is 0 Å². The van der Waals surface area contributed by atoms with Gasteiger partial charge in [0.15, 0.2) is 0 Å². The maximum atomic E-state index is 3.58. The Morgan fingerprint density at radius 3 is 2.89 bits per heavy atom. The predicted molar refractivity (Wildman–Crippen MR) is 83.8 cm³/mol. The number of piperidine rings is 1. The molecule has 2 heteroatoms. The van der Waals surface area contributed by atoms with Crippen LogP contribution in [0.25, 0.3) is 0 Å². The quantitative estimate of drug-likeness (QED) is 0.829. The van der Waals surface area contributed by atoms with E-state index in [9.17, 15) is 0 Å². The van der Waals surface area contributed by atoms with Gasteiger partial charge >= 0.3 is 0 Å². The lowest BCUT2D eigenvalue weighted by Crippen LogP contribution is -2.41. The minimum atomic E-state index is 0.831. The summed E-state index contributed by atoms with van der Waals surface area (Å²) in [5.41, 5.74) is 2.62. The zero-order chi connectivity index (χ0) is 13.5. The Kier molecular flexibility index (Phi) is 5.71. The minimum Gasteiger partial charge on any atom is -0.384 e. The summed E-state index contributed by atoms with van der Waals surface area (Å²) in [6, 6.07) is 9.38. The molecule has 0 radical (unpaired) electrons. The zero-order valence-electron chi connectivity index (χ0n) is 12.5. The molecule has 0 bridgehead atoms. The summed E-state index contributed by atoms with van der Waals surface area (Å²) in [5, 5.41) is 3.58. The second-order valence-electron chi connectivity index (χ2n) is 5.72. The van der Waals surface area contributed by atoms with Crippen LogP contribution in [0.4, 0.5) is 5.69 Å². The first-order valence-electron chi connectivity index (χ1n) is 7.85. The van der Waals surface area contributed by atoms with Gasteiger partial charge in [0.1, 0.15) is 0 Å². The van der Waals surface area contributed by atoms with E-state index in [2.05, 4.69) is 48.3 Å². The van der Waals surface area contributed by atoms with Crippen molar-refractivity contribution in [2.45, 2.75) is 52.0 Å². The molecule has 1 atom stereocenters. The van der Waals surface area contributed by atoms with Gasteiger partial charge in [-0.15, -0.1) is 0 Å². The average Bonchev–Trinajstić information content (AvgIpc) is 2.43. The van der Waals surface area contributed by atoms with Crippen LogP contribution in [-0.4, -0.2) is 30.6 Å². The number of hydrogen-bond acceptors (Lipinski definition) is 2. The summed E-state index contributed by atoms with van der Waals surface area (Å²) in [7, 11) is 0. The first-order chi connectivity index (χ1) is 9.31. The Morgan fingerprint density at radius 2 is 2.11 bits per heavy atom. The van der Waals surface area contributed by atoms with Crippen molar-refractivity contribution >= 4 is 5.69 Å². The lowest BCUT2D eigenvalue weighted by atomic mass is 9.98. The number of nitrogens with zero attached hydrogens (tertiary/aromatic N) is 1. The van der Waals surface area contributed by atoms with E-state index in [0.717, 1.165) is 12.6 Å². The van der Waals surface area contributed by atoms with Gasteiger partial charge in [-0.1, -0.05) is 38.0 Å². The summed E-state index contributed by atoms with van der Waals surface area (Å²) in [4.78, 5) is 2.69. The number of rotatable bonds is 6. The summed E-state index contributed by atoms with van der Waals surface area (Å²) >= 11 is 0. The SMILES string of the molecule is CCCC1CCCCN1CCNc1ccccc1C. The maximum absolute atomic E-state index is 3.58. The Bertz CT molecular complexity index is 373. The number of nitrogens with one attached hydrogen (secondary N) is 1. The molecular weight excluding hydrogens is 232 g/mol. The van der Waals surface area contributed by atoms with Gasteiger partial charge in [0.2, 0.25) is 0 Å². The van der Waals surface area contributed by atoms with Crippen LogP contribution in [0.3, 0.4) is 0 Å². The van der Waals surface area contributed by atoms with E-state index in [1.54, 1.807) is 0 Å². The van der Waals surface area contributed by atoms with E-state index < -0.39 is 0 Å². The number of hydrogen-bond donors (Lipinski definition) is 1. The molecule has 1 aliphatic heterocycles. The molecule has 0 aliphatic carbocycles. The van der Waals surface area contributed by atoms with Crippen LogP contribution in [-0.2, 0) is 0 Å². The third-order valence-electron chi connectivity index (χ3n) is 4.23. The molecule has 1 heterocycles. The van der Waals surface area contributed by atoms with Gasteiger partial charge in [-0.3, -0.25) is 4.90 Å². The highest BCUT2D eigenvalue weighted by Gasteiger charge is 2.20. The lowest BCUT2D eigenvalue weighted by Gasteiger charge is -2.35. The fraction of sp³-hybridized carbons (Fsp3) is 0.647. The molecule has 19 heavy (non-hydrogen) atoms.